The molecule has 0 rings (SSSR count). The van der Waals surface area contributed by atoms with Gasteiger partial charge in [-0.3, -0.25) is 0 Å². The van der Waals surface area contributed by atoms with Gasteiger partial charge in [-0.05, 0) is 0 Å². The molecule has 0 aromatic carbocycles. The summed E-state index contributed by atoms with van der Waals surface area (Å²) in [7, 11) is 0. The van der Waals surface area contributed by atoms with Crippen LogP contribution in [0.1, 0.15) is 0 Å². The third kappa shape index (κ3) is 11.1. The molecule has 4 heteroatoms. The summed E-state index contributed by atoms with van der Waals surface area (Å²) in [6, 6.07) is 0. The van der Waals surface area contributed by atoms with Gasteiger partial charge in [0.05, 0.1) is 0 Å². The Balaban J connectivity index is 0. The third-order valence-electron chi connectivity index (χ3n) is 0. The summed E-state index contributed by atoms with van der Waals surface area (Å²) in [6.45, 7) is 0. The van der Waals surface area contributed by atoms with Gasteiger partial charge in [0, 0.05) is 0 Å². The van der Waals surface area contributed by atoms with Gasteiger partial charge in [-0.15, -0.1) is 0 Å². The SMILES string of the molecule is [Co+2].[O-2].[O-2].[Ti+4]. The predicted octanol–water partition coefficient (Wildman–Crippen LogP) is -0.243. The van der Waals surface area contributed by atoms with Crippen molar-refractivity contribution in [1.82, 2.24) is 0 Å². The fourth-order valence-electron chi connectivity index (χ4n) is 0. The minimum Gasteiger partial charge on any atom is -2.00 e. The van der Waals surface area contributed by atoms with E-state index >= 15 is 0 Å². The second-order valence-corrected chi connectivity index (χ2v) is 0. The number of rotatable bonds is 0. The first kappa shape index (κ1) is 67.7. The Labute approximate surface area is 49.7 Å². The van der Waals surface area contributed by atoms with Crippen molar-refractivity contribution in [3.05, 3.63) is 0 Å². The molecule has 1 radical (unpaired) electrons. The summed E-state index contributed by atoms with van der Waals surface area (Å²) in [5.41, 5.74) is 0. The van der Waals surface area contributed by atoms with E-state index in [9.17, 15) is 0 Å². The molecule has 23 valence electrons. The molecule has 0 bridgehead atoms. The topological polar surface area (TPSA) is 57.0 Å². The van der Waals surface area contributed by atoms with Crippen LogP contribution in [0.15, 0.2) is 0 Å². The second-order valence-electron chi connectivity index (χ2n) is 0. The molecule has 0 amide bonds. The van der Waals surface area contributed by atoms with Gasteiger partial charge >= 0.3 is 38.5 Å². The van der Waals surface area contributed by atoms with Crippen molar-refractivity contribution in [2.75, 3.05) is 0 Å². The van der Waals surface area contributed by atoms with Crippen LogP contribution in [0.25, 0.3) is 0 Å². The third-order valence-corrected chi connectivity index (χ3v) is 0. The zero-order valence-electron chi connectivity index (χ0n) is 1.65. The van der Waals surface area contributed by atoms with Crippen LogP contribution in [0, 0.1) is 0 Å². The Morgan fingerprint density at radius 1 is 0.750 bits per heavy atom. The first-order valence-corrected chi connectivity index (χ1v) is 0. The monoisotopic (exact) mass is 139 g/mol. The van der Waals surface area contributed by atoms with E-state index in [1.54, 1.807) is 0 Å². The van der Waals surface area contributed by atoms with Crippen molar-refractivity contribution in [2.24, 2.45) is 0 Å². The maximum absolute atomic E-state index is 0. The summed E-state index contributed by atoms with van der Waals surface area (Å²) in [6.07, 6.45) is 0. The maximum atomic E-state index is 0. The quantitative estimate of drug-likeness (QED) is 0.415. The van der Waals surface area contributed by atoms with Crippen LogP contribution in [-0.2, 0) is 49.4 Å². The Bertz CT molecular complexity index is 6.00. The molecule has 0 fully saturated rings. The molecule has 0 spiro atoms. The van der Waals surface area contributed by atoms with E-state index in [1.165, 1.54) is 0 Å². The summed E-state index contributed by atoms with van der Waals surface area (Å²) in [4.78, 5) is 0. The van der Waals surface area contributed by atoms with E-state index < -0.39 is 0 Å². The normalized spacial score (nSPS) is 0. The van der Waals surface area contributed by atoms with Gasteiger partial charge in [-0.1, -0.05) is 0 Å². The van der Waals surface area contributed by atoms with Crippen LogP contribution in [0.4, 0.5) is 0 Å². The average molecular weight is 139 g/mol. The smallest absolute Gasteiger partial charge is 2.00 e. The molecule has 0 aromatic heterocycles. The van der Waals surface area contributed by atoms with E-state index in [-0.39, 0.29) is 49.4 Å². The summed E-state index contributed by atoms with van der Waals surface area (Å²) < 4.78 is 0. The van der Waals surface area contributed by atoms with E-state index in [0.29, 0.717) is 0 Å². The summed E-state index contributed by atoms with van der Waals surface area (Å²) in [5.74, 6) is 0. The molecule has 2 nitrogen and oxygen atoms in total. The van der Waals surface area contributed by atoms with Gasteiger partial charge in [-0.25, -0.2) is 0 Å². The van der Waals surface area contributed by atoms with E-state index in [2.05, 4.69) is 0 Å². The fourth-order valence-corrected chi connectivity index (χ4v) is 0. The number of hydrogen-bond donors (Lipinski definition) is 0. The van der Waals surface area contributed by atoms with Crippen LogP contribution >= 0.6 is 0 Å². The summed E-state index contributed by atoms with van der Waals surface area (Å²) in [5, 5.41) is 0. The van der Waals surface area contributed by atoms with Crippen molar-refractivity contribution in [2.45, 2.75) is 0 Å². The largest absolute Gasteiger partial charge is 4.00 e. The first-order chi connectivity index (χ1) is 0. The van der Waals surface area contributed by atoms with Crippen LogP contribution in [-0.4, -0.2) is 0 Å². The standard InChI is InChI=1S/Co.2O.Ti/q+2;2*-2;+4. The Morgan fingerprint density at radius 3 is 0.750 bits per heavy atom. The molecule has 0 aliphatic heterocycles. The average Bonchev–Trinajstić information content (AvgIpc) is 0. The van der Waals surface area contributed by atoms with Crippen molar-refractivity contribution in [1.29, 1.82) is 0 Å². The molecule has 4 heavy (non-hydrogen) atoms. The zero-order chi connectivity index (χ0) is 0. The van der Waals surface area contributed by atoms with E-state index in [0.717, 1.165) is 0 Å². The van der Waals surface area contributed by atoms with Crippen LogP contribution in [0.3, 0.4) is 0 Å². The van der Waals surface area contributed by atoms with Gasteiger partial charge in [-0.2, -0.15) is 0 Å². The van der Waals surface area contributed by atoms with Crippen LogP contribution in [0.5, 0.6) is 0 Å². The van der Waals surface area contributed by atoms with Crippen molar-refractivity contribution in [3.8, 4) is 0 Å². The summed E-state index contributed by atoms with van der Waals surface area (Å²) >= 11 is 0. The van der Waals surface area contributed by atoms with Crippen LogP contribution in [0.2, 0.25) is 0 Å². The molecule has 0 saturated heterocycles. The molecule has 0 unspecified atom stereocenters. The molecule has 0 heterocycles. The van der Waals surface area contributed by atoms with Crippen LogP contribution < -0.4 is 0 Å². The van der Waals surface area contributed by atoms with Gasteiger partial charge in [0.1, 0.15) is 0 Å². The van der Waals surface area contributed by atoms with Gasteiger partial charge in [0.2, 0.25) is 0 Å². The Hall–Kier alpha value is 1.14. The molecule has 0 saturated carbocycles. The fraction of sp³-hybridized carbons (Fsp3) is 0. The van der Waals surface area contributed by atoms with Gasteiger partial charge < -0.3 is 11.0 Å². The molecule has 0 N–H and O–H groups in total. The van der Waals surface area contributed by atoms with Crippen molar-refractivity contribution >= 4 is 0 Å². The molecule has 0 atom stereocenters. The molecular formula is CoO2Ti+2. The zero-order valence-corrected chi connectivity index (χ0v) is 4.25. The molecule has 0 aliphatic rings. The minimum absolute atomic E-state index is 0. The van der Waals surface area contributed by atoms with Crippen molar-refractivity contribution in [3.63, 3.8) is 0 Å². The molecule has 0 aliphatic carbocycles. The Kier molecular flexibility index (Phi) is 531. The minimum atomic E-state index is 0. The van der Waals surface area contributed by atoms with E-state index in [1.807, 2.05) is 0 Å². The second kappa shape index (κ2) is 31.4. The molecule has 0 aromatic rings. The predicted molar refractivity (Wildman–Crippen MR) is 1.37 cm³/mol. The maximum Gasteiger partial charge on any atom is 4.00 e. The molecular weight excluding hydrogens is 139 g/mol. The Morgan fingerprint density at radius 2 is 0.750 bits per heavy atom. The number of hydrogen-bond acceptors (Lipinski definition) is 0. The van der Waals surface area contributed by atoms with Gasteiger partial charge in [0.25, 0.3) is 0 Å². The first-order valence-electron chi connectivity index (χ1n) is 0. The van der Waals surface area contributed by atoms with Gasteiger partial charge in [0.15, 0.2) is 0 Å². The van der Waals surface area contributed by atoms with E-state index in [4.69, 9.17) is 0 Å². The van der Waals surface area contributed by atoms with Crippen molar-refractivity contribution < 1.29 is 49.4 Å².